The second kappa shape index (κ2) is 10.6. The van der Waals surface area contributed by atoms with Crippen LogP contribution in [-0.2, 0) is 21.0 Å². The first kappa shape index (κ1) is 24.7. The van der Waals surface area contributed by atoms with Crippen molar-refractivity contribution in [3.8, 4) is 11.5 Å². The summed E-state index contributed by atoms with van der Waals surface area (Å²) in [5.41, 5.74) is 1.58. The first-order chi connectivity index (χ1) is 17.9. The van der Waals surface area contributed by atoms with Gasteiger partial charge in [0.05, 0.1) is 6.10 Å². The van der Waals surface area contributed by atoms with Crippen LogP contribution < -0.4 is 19.9 Å². The molecule has 2 aromatic carbocycles. The Kier molecular flexibility index (Phi) is 7.04. The highest BCUT2D eigenvalue weighted by Gasteiger charge is 2.46. The molecule has 2 unspecified atom stereocenters. The molecule has 1 aromatic heterocycles. The molecule has 0 amide bonds. The second-order valence-electron chi connectivity index (χ2n) is 8.54. The molecule has 1 saturated heterocycles. The molecule has 37 heavy (non-hydrogen) atoms. The zero-order valence-corrected chi connectivity index (χ0v) is 19.6. The highest BCUT2D eigenvalue weighted by Crippen LogP contribution is 2.44. The van der Waals surface area contributed by atoms with E-state index < -0.39 is 18.3 Å². The number of fused-ring (bicyclic) bond motifs is 1. The van der Waals surface area contributed by atoms with E-state index in [1.54, 1.807) is 18.2 Å². The smallest absolute Gasteiger partial charge is 0.490 e. The maximum atomic E-state index is 13.1. The number of nitrogens with one attached hydrogen (secondary N) is 1. The Morgan fingerprint density at radius 3 is 2.70 bits per heavy atom. The predicted molar refractivity (Wildman–Crippen MR) is 127 cm³/mol. The molecule has 2 aliphatic heterocycles. The van der Waals surface area contributed by atoms with Gasteiger partial charge in [-0.1, -0.05) is 30.3 Å². The number of carbonyl (C=O) groups excluding carboxylic acids is 1. The van der Waals surface area contributed by atoms with E-state index >= 15 is 0 Å². The van der Waals surface area contributed by atoms with Crippen LogP contribution >= 0.6 is 0 Å². The van der Waals surface area contributed by atoms with Crippen LogP contribution in [0, 0.1) is 0 Å². The number of nitrogens with zero attached hydrogens (tertiary/aromatic N) is 2. The Labute approximate surface area is 210 Å². The van der Waals surface area contributed by atoms with Crippen molar-refractivity contribution in [3.63, 3.8) is 0 Å². The van der Waals surface area contributed by atoms with Gasteiger partial charge in [0.2, 0.25) is 0 Å². The molecule has 2 aliphatic rings. The van der Waals surface area contributed by atoms with E-state index in [1.807, 2.05) is 30.3 Å². The maximum absolute atomic E-state index is 13.1. The van der Waals surface area contributed by atoms with Gasteiger partial charge in [-0.15, -0.1) is 0 Å². The van der Waals surface area contributed by atoms with Crippen LogP contribution in [0.5, 0.6) is 11.5 Å². The first-order valence-corrected chi connectivity index (χ1v) is 11.7. The predicted octanol–water partition coefficient (Wildman–Crippen LogP) is 5.17. The van der Waals surface area contributed by atoms with Gasteiger partial charge in [-0.25, -0.2) is 9.78 Å². The van der Waals surface area contributed by atoms with E-state index in [9.17, 15) is 18.0 Å². The number of rotatable bonds is 8. The van der Waals surface area contributed by atoms with Gasteiger partial charge in [-0.2, -0.15) is 18.2 Å². The minimum absolute atomic E-state index is 0.101. The van der Waals surface area contributed by atoms with Crippen molar-refractivity contribution in [3.05, 3.63) is 78.0 Å². The summed E-state index contributed by atoms with van der Waals surface area (Å²) in [6, 6.07) is 17.6. The zero-order chi connectivity index (χ0) is 25.8. The number of hydrogen-bond donors (Lipinski definition) is 1. The molecule has 11 heteroatoms. The number of anilines is 2. The monoisotopic (exact) mass is 515 g/mol. The standard InChI is InChI=1S/C26H24F3N3O5/c27-26(28,29)25(33)37-32-21-9-4-12-30-23(21)31-24(32)20-11-10-18(35-15-17-6-2-1-3-7-17)14-22(20)36-16-19-8-5-13-34-19/h1-4,6-7,9-12,14,19,24H,5,8,13,15-16H2,(H,30,31). The van der Waals surface area contributed by atoms with Crippen LogP contribution in [0.15, 0.2) is 66.9 Å². The second-order valence-corrected chi connectivity index (χ2v) is 8.54. The normalized spacial score (nSPS) is 18.7. The Balaban J connectivity index is 1.44. The number of aromatic nitrogens is 1. The summed E-state index contributed by atoms with van der Waals surface area (Å²) >= 11 is 0. The molecule has 8 nitrogen and oxygen atoms in total. The topological polar surface area (TPSA) is 82.2 Å². The average molecular weight is 515 g/mol. The van der Waals surface area contributed by atoms with E-state index in [2.05, 4.69) is 10.3 Å². The Hall–Kier alpha value is -3.99. The fourth-order valence-corrected chi connectivity index (χ4v) is 4.11. The van der Waals surface area contributed by atoms with E-state index in [-0.39, 0.29) is 24.2 Å². The fraction of sp³-hybridized carbons (Fsp3) is 0.308. The lowest BCUT2D eigenvalue weighted by Gasteiger charge is -2.27. The van der Waals surface area contributed by atoms with Gasteiger partial charge < -0.3 is 24.4 Å². The summed E-state index contributed by atoms with van der Waals surface area (Å²) in [5.74, 6) is -1.24. The molecule has 194 valence electrons. The number of halogens is 3. The molecule has 0 aliphatic carbocycles. The van der Waals surface area contributed by atoms with Gasteiger partial charge in [0.15, 0.2) is 12.0 Å². The molecular formula is C26H24F3N3O5. The molecule has 1 fully saturated rings. The van der Waals surface area contributed by atoms with Gasteiger partial charge in [0.25, 0.3) is 0 Å². The number of hydrogen-bond acceptors (Lipinski definition) is 8. The molecule has 0 saturated carbocycles. The molecule has 2 atom stereocenters. The van der Waals surface area contributed by atoms with E-state index in [0.29, 0.717) is 30.3 Å². The molecule has 3 heterocycles. The van der Waals surface area contributed by atoms with Gasteiger partial charge >= 0.3 is 12.1 Å². The van der Waals surface area contributed by atoms with Crippen molar-refractivity contribution in [1.29, 1.82) is 0 Å². The van der Waals surface area contributed by atoms with E-state index in [4.69, 9.17) is 19.0 Å². The summed E-state index contributed by atoms with van der Waals surface area (Å²) in [7, 11) is 0. The first-order valence-electron chi connectivity index (χ1n) is 11.7. The van der Waals surface area contributed by atoms with Gasteiger partial charge in [-0.05, 0) is 42.7 Å². The number of carbonyl (C=O) groups is 1. The molecular weight excluding hydrogens is 491 g/mol. The molecule has 0 spiro atoms. The minimum atomic E-state index is -5.18. The lowest BCUT2D eigenvalue weighted by Crippen LogP contribution is -2.37. The van der Waals surface area contributed by atoms with Crippen molar-refractivity contribution in [2.45, 2.75) is 37.9 Å². The third kappa shape index (κ3) is 5.72. The average Bonchev–Trinajstić information content (AvgIpc) is 3.55. The SMILES string of the molecule is O=C(ON1c2cccnc2NC1c1ccc(OCc2ccccc2)cc1OCC1CCCO1)C(F)(F)F. The lowest BCUT2D eigenvalue weighted by molar-refractivity contribution is -0.201. The quantitative estimate of drug-likeness (QED) is 0.440. The largest absolute Gasteiger partial charge is 0.493 e. The number of ether oxygens (including phenoxy) is 3. The van der Waals surface area contributed by atoms with Crippen molar-refractivity contribution in [2.75, 3.05) is 23.6 Å². The molecule has 0 bridgehead atoms. The van der Waals surface area contributed by atoms with Crippen LogP contribution in [0.3, 0.4) is 0 Å². The van der Waals surface area contributed by atoms with Gasteiger partial charge in [0.1, 0.15) is 30.4 Å². The number of hydroxylamine groups is 1. The molecule has 1 N–H and O–H groups in total. The van der Waals surface area contributed by atoms with Gasteiger partial charge in [0, 0.05) is 24.4 Å². The van der Waals surface area contributed by atoms with Crippen LogP contribution in [0.25, 0.3) is 0 Å². The Morgan fingerprint density at radius 1 is 1.11 bits per heavy atom. The van der Waals surface area contributed by atoms with Crippen LogP contribution in [0.2, 0.25) is 0 Å². The van der Waals surface area contributed by atoms with Crippen molar-refractivity contribution in [2.24, 2.45) is 0 Å². The summed E-state index contributed by atoms with van der Waals surface area (Å²) in [6.45, 7) is 1.21. The third-order valence-corrected chi connectivity index (χ3v) is 5.92. The molecule has 5 rings (SSSR count). The Bertz CT molecular complexity index is 1240. The Morgan fingerprint density at radius 2 is 1.95 bits per heavy atom. The third-order valence-electron chi connectivity index (χ3n) is 5.92. The fourth-order valence-electron chi connectivity index (χ4n) is 4.11. The van der Waals surface area contributed by atoms with Gasteiger partial charge in [-0.3, -0.25) is 0 Å². The number of benzene rings is 2. The highest BCUT2D eigenvalue weighted by atomic mass is 19.4. The summed E-state index contributed by atoms with van der Waals surface area (Å²) in [4.78, 5) is 20.7. The summed E-state index contributed by atoms with van der Waals surface area (Å²) in [5, 5.41) is 3.88. The van der Waals surface area contributed by atoms with E-state index in [1.165, 1.54) is 18.3 Å². The lowest BCUT2D eigenvalue weighted by atomic mass is 10.1. The summed E-state index contributed by atoms with van der Waals surface area (Å²) in [6.07, 6.45) is -3.06. The maximum Gasteiger partial charge on any atom is 0.493 e. The van der Waals surface area contributed by atoms with Crippen LogP contribution in [0.4, 0.5) is 24.7 Å². The van der Waals surface area contributed by atoms with Crippen molar-refractivity contribution < 1.29 is 37.0 Å². The summed E-state index contributed by atoms with van der Waals surface area (Å²) < 4.78 is 56.9. The number of alkyl halides is 3. The van der Waals surface area contributed by atoms with Crippen molar-refractivity contribution in [1.82, 2.24) is 4.98 Å². The van der Waals surface area contributed by atoms with E-state index in [0.717, 1.165) is 23.5 Å². The van der Waals surface area contributed by atoms with Crippen molar-refractivity contribution >= 4 is 17.5 Å². The minimum Gasteiger partial charge on any atom is -0.490 e. The highest BCUT2D eigenvalue weighted by molar-refractivity contribution is 5.80. The zero-order valence-electron chi connectivity index (χ0n) is 19.6. The molecule has 0 radical (unpaired) electrons. The number of pyridine rings is 1. The molecule has 3 aromatic rings. The van der Waals surface area contributed by atoms with Crippen LogP contribution in [-0.4, -0.2) is 36.4 Å². The van der Waals surface area contributed by atoms with Crippen LogP contribution in [0.1, 0.15) is 30.1 Å².